The lowest BCUT2D eigenvalue weighted by atomic mass is 10.1. The van der Waals surface area contributed by atoms with Gasteiger partial charge < -0.3 is 25.8 Å². The molecule has 0 spiro atoms. The molecule has 2 amide bonds. The molecule has 12 heteroatoms. The predicted molar refractivity (Wildman–Crippen MR) is 144 cm³/mol. The van der Waals surface area contributed by atoms with Gasteiger partial charge in [0.15, 0.2) is 0 Å². The summed E-state index contributed by atoms with van der Waals surface area (Å²) in [5.74, 6) is -1.01. The maximum Gasteiger partial charge on any atom is 0.330 e. The number of methoxy groups -OCH3 is 1. The summed E-state index contributed by atoms with van der Waals surface area (Å²) < 4.78 is 4.82. The van der Waals surface area contributed by atoms with E-state index >= 15 is 0 Å². The molecule has 1 atom stereocenters. The van der Waals surface area contributed by atoms with E-state index in [9.17, 15) is 19.5 Å². The number of hydrogen-bond acceptors (Lipinski definition) is 10. The van der Waals surface area contributed by atoms with E-state index in [1.54, 1.807) is 45.9 Å². The zero-order valence-electron chi connectivity index (χ0n) is 22.0. The average molecular weight is 541 g/mol. The van der Waals surface area contributed by atoms with E-state index in [0.29, 0.717) is 34.5 Å². The molecule has 0 radical (unpaired) electrons. The second-order valence-corrected chi connectivity index (χ2v) is 9.90. The number of anilines is 1. The van der Waals surface area contributed by atoms with E-state index in [-0.39, 0.29) is 23.8 Å². The van der Waals surface area contributed by atoms with Gasteiger partial charge in [-0.1, -0.05) is 12.1 Å². The highest BCUT2D eigenvalue weighted by Crippen LogP contribution is 2.17. The first-order chi connectivity index (χ1) is 18.1. The third-order valence-corrected chi connectivity index (χ3v) is 6.77. The number of benzene rings is 1. The topological polar surface area (TPSA) is 155 Å². The van der Waals surface area contributed by atoms with Crippen LogP contribution in [-0.2, 0) is 16.0 Å². The van der Waals surface area contributed by atoms with Crippen molar-refractivity contribution in [2.75, 3.05) is 25.5 Å². The normalized spacial score (nSPS) is 11.5. The summed E-state index contributed by atoms with van der Waals surface area (Å²) >= 11 is 1.25. The van der Waals surface area contributed by atoms with Crippen LogP contribution >= 0.6 is 11.3 Å². The first-order valence-electron chi connectivity index (χ1n) is 12.1. The van der Waals surface area contributed by atoms with Crippen LogP contribution < -0.4 is 16.0 Å². The number of nitrogens with one attached hydrogen (secondary N) is 3. The average Bonchev–Trinajstić information content (AvgIpc) is 3.21. The molecule has 0 saturated carbocycles. The van der Waals surface area contributed by atoms with Crippen LogP contribution in [0.5, 0.6) is 5.75 Å². The van der Waals surface area contributed by atoms with Gasteiger partial charge in [-0.3, -0.25) is 9.59 Å². The summed E-state index contributed by atoms with van der Waals surface area (Å²) in [6.45, 7) is 7.35. The van der Waals surface area contributed by atoms with Crippen molar-refractivity contribution in [1.82, 2.24) is 25.6 Å². The Hall–Kier alpha value is -4.06. The first-order valence-corrected chi connectivity index (χ1v) is 12.9. The molecule has 11 nitrogen and oxygen atoms in total. The number of aryl methyl sites for hydroxylation is 5. The highest BCUT2D eigenvalue weighted by atomic mass is 32.1. The number of carbonyl (C=O) groups is 3. The van der Waals surface area contributed by atoms with Crippen LogP contribution in [0.25, 0.3) is 0 Å². The molecule has 3 rings (SSSR count). The third-order valence-electron chi connectivity index (χ3n) is 5.70. The Balaban J connectivity index is 1.61. The fraction of sp³-hybridized carbons (Fsp3) is 0.385. The van der Waals surface area contributed by atoms with Crippen molar-refractivity contribution in [1.29, 1.82) is 0 Å². The van der Waals surface area contributed by atoms with Crippen molar-refractivity contribution >= 4 is 35.1 Å². The second-order valence-electron chi connectivity index (χ2n) is 8.70. The number of carbonyl (C=O) groups excluding carboxylic acids is 3. The summed E-state index contributed by atoms with van der Waals surface area (Å²) in [4.78, 5) is 51.5. The number of aromatic hydroxyl groups is 1. The molecule has 0 aliphatic heterocycles. The van der Waals surface area contributed by atoms with Crippen LogP contribution in [0.4, 0.5) is 5.95 Å². The van der Waals surface area contributed by atoms with Gasteiger partial charge in [0.05, 0.1) is 34.8 Å². The van der Waals surface area contributed by atoms with E-state index < -0.39 is 17.9 Å². The van der Waals surface area contributed by atoms with Crippen LogP contribution in [0.15, 0.2) is 24.3 Å². The molecule has 0 fully saturated rings. The molecule has 1 aromatic carbocycles. The van der Waals surface area contributed by atoms with Crippen LogP contribution in [0.3, 0.4) is 0 Å². The summed E-state index contributed by atoms with van der Waals surface area (Å²) in [7, 11) is 1.21. The van der Waals surface area contributed by atoms with Crippen LogP contribution in [0.1, 0.15) is 54.1 Å². The molecule has 2 aromatic heterocycles. The SMILES string of the molecule is COC(=O)C(CNC(=O)c1sc(C)nc1C)NC(=O)c1c(C)nc(NCCCc2cccc(O)c2)nc1C. The second kappa shape index (κ2) is 13.0. The first kappa shape index (κ1) is 28.5. The molecule has 0 saturated heterocycles. The minimum Gasteiger partial charge on any atom is -0.508 e. The van der Waals surface area contributed by atoms with Gasteiger partial charge in [-0.2, -0.15) is 0 Å². The number of thiazole rings is 1. The molecule has 4 N–H and O–H groups in total. The van der Waals surface area contributed by atoms with Crippen molar-refractivity contribution in [3.63, 3.8) is 0 Å². The number of nitrogens with zero attached hydrogens (tertiary/aromatic N) is 3. The van der Waals surface area contributed by atoms with Crippen molar-refractivity contribution in [2.45, 2.75) is 46.6 Å². The van der Waals surface area contributed by atoms with Crippen LogP contribution in [-0.4, -0.2) is 64.1 Å². The molecule has 0 aliphatic rings. The van der Waals surface area contributed by atoms with E-state index in [1.807, 2.05) is 6.07 Å². The van der Waals surface area contributed by atoms with Gasteiger partial charge in [0, 0.05) is 13.1 Å². The Labute approximate surface area is 225 Å². The van der Waals surface area contributed by atoms with Crippen molar-refractivity contribution in [3.8, 4) is 5.75 Å². The molecule has 0 aliphatic carbocycles. The van der Waals surface area contributed by atoms with Gasteiger partial charge in [-0.15, -0.1) is 11.3 Å². The number of aromatic nitrogens is 3. The molecular formula is C26H32N6O5S. The van der Waals surface area contributed by atoms with E-state index in [2.05, 4.69) is 30.9 Å². The maximum absolute atomic E-state index is 13.1. The quantitative estimate of drug-likeness (QED) is 0.212. The lowest BCUT2D eigenvalue weighted by Gasteiger charge is -2.18. The zero-order chi connectivity index (χ0) is 27.8. The van der Waals surface area contributed by atoms with Crippen molar-refractivity contribution in [2.24, 2.45) is 0 Å². The number of ether oxygens (including phenoxy) is 1. The zero-order valence-corrected chi connectivity index (χ0v) is 22.9. The molecule has 2 heterocycles. The number of esters is 1. The van der Waals surface area contributed by atoms with Crippen molar-refractivity contribution < 1.29 is 24.2 Å². The summed E-state index contributed by atoms with van der Waals surface area (Å²) in [6.07, 6.45) is 1.56. The van der Waals surface area contributed by atoms with Crippen LogP contribution in [0.2, 0.25) is 0 Å². The molecule has 0 bridgehead atoms. The summed E-state index contributed by atoms with van der Waals surface area (Å²) in [5.41, 5.74) is 2.74. The van der Waals surface area contributed by atoms with Crippen molar-refractivity contribution in [3.05, 3.63) is 62.4 Å². The smallest absolute Gasteiger partial charge is 0.330 e. The van der Waals surface area contributed by atoms with Crippen LogP contribution in [0, 0.1) is 27.7 Å². The molecular weight excluding hydrogens is 508 g/mol. The Kier molecular flexibility index (Phi) is 9.72. The maximum atomic E-state index is 13.1. The lowest BCUT2D eigenvalue weighted by Crippen LogP contribution is -2.49. The van der Waals surface area contributed by atoms with Gasteiger partial charge in [0.25, 0.3) is 11.8 Å². The highest BCUT2D eigenvalue weighted by molar-refractivity contribution is 7.13. The van der Waals surface area contributed by atoms with E-state index in [1.165, 1.54) is 18.4 Å². The largest absolute Gasteiger partial charge is 0.508 e. The molecule has 38 heavy (non-hydrogen) atoms. The highest BCUT2D eigenvalue weighted by Gasteiger charge is 2.26. The van der Waals surface area contributed by atoms with Gasteiger partial charge in [0.1, 0.15) is 16.7 Å². The fourth-order valence-corrected chi connectivity index (χ4v) is 4.75. The van der Waals surface area contributed by atoms with Gasteiger partial charge >= 0.3 is 5.97 Å². The van der Waals surface area contributed by atoms with Gasteiger partial charge in [-0.05, 0) is 58.2 Å². The van der Waals surface area contributed by atoms with Gasteiger partial charge in [0.2, 0.25) is 5.95 Å². The fourth-order valence-electron chi connectivity index (χ4n) is 3.91. The molecule has 3 aromatic rings. The third kappa shape index (κ3) is 7.48. The lowest BCUT2D eigenvalue weighted by molar-refractivity contribution is -0.142. The molecule has 202 valence electrons. The van der Waals surface area contributed by atoms with Gasteiger partial charge in [-0.25, -0.2) is 19.7 Å². The number of phenolic OH excluding ortho intramolecular Hbond substituents is 1. The Morgan fingerprint density at radius 1 is 1.03 bits per heavy atom. The Bertz CT molecular complexity index is 1300. The summed E-state index contributed by atoms with van der Waals surface area (Å²) in [6, 6.07) is 6.00. The Morgan fingerprint density at radius 3 is 2.34 bits per heavy atom. The number of phenols is 1. The minimum atomic E-state index is -1.11. The van der Waals surface area contributed by atoms with E-state index in [0.717, 1.165) is 23.4 Å². The van der Waals surface area contributed by atoms with E-state index in [4.69, 9.17) is 4.74 Å². The monoisotopic (exact) mass is 540 g/mol. The standard InChI is InChI=1S/C26H32N6O5S/c1-14-21(15(2)31-26(30-14)27-11-7-9-18-8-6-10-19(33)12-18)23(34)32-20(25(36)37-5)13-28-24(35)22-16(3)29-17(4)38-22/h6,8,10,12,20,33H,7,9,11,13H2,1-5H3,(H,28,35)(H,32,34)(H,27,30,31). The molecule has 1 unspecified atom stereocenters. The number of amides is 2. The number of rotatable bonds is 11. The Morgan fingerprint density at radius 2 is 1.74 bits per heavy atom. The predicted octanol–water partition coefficient (Wildman–Crippen LogP) is 2.62. The minimum absolute atomic E-state index is 0.161. The summed E-state index contributed by atoms with van der Waals surface area (Å²) in [5, 5.41) is 18.8. The number of hydrogen-bond donors (Lipinski definition) is 4.